The highest BCUT2D eigenvalue weighted by Crippen LogP contribution is 2.52. The van der Waals surface area contributed by atoms with Crippen LogP contribution in [-0.2, 0) is 9.53 Å². The maximum atomic E-state index is 12.1. The van der Waals surface area contributed by atoms with Crippen molar-refractivity contribution in [3.8, 4) is 0 Å². The number of hydrogen-bond donors (Lipinski definition) is 4. The van der Waals surface area contributed by atoms with E-state index in [-0.39, 0.29) is 11.9 Å². The standard InChI is InChI=1S/C16H30O2S4/c1-2-3-11-18-14(17)12-13-9-7-5-4-6-8-10-15(19,20)16(13,21)22/h13,19-22H,2-12H2,1H3. The highest BCUT2D eigenvalue weighted by molar-refractivity contribution is 8.08. The lowest BCUT2D eigenvalue weighted by atomic mass is 9.88. The first-order valence-corrected chi connectivity index (χ1v) is 10.1. The van der Waals surface area contributed by atoms with Gasteiger partial charge in [-0.1, -0.05) is 45.4 Å². The van der Waals surface area contributed by atoms with Crippen molar-refractivity contribution in [2.24, 2.45) is 5.92 Å². The lowest BCUT2D eigenvalue weighted by Crippen LogP contribution is -2.44. The first kappa shape index (κ1) is 20.9. The maximum absolute atomic E-state index is 12.1. The Labute approximate surface area is 157 Å². The van der Waals surface area contributed by atoms with Gasteiger partial charge in [-0.3, -0.25) is 4.79 Å². The van der Waals surface area contributed by atoms with Gasteiger partial charge >= 0.3 is 5.97 Å². The number of thiol groups is 4. The molecule has 1 aliphatic rings. The van der Waals surface area contributed by atoms with E-state index >= 15 is 0 Å². The van der Waals surface area contributed by atoms with E-state index in [2.05, 4.69) is 6.92 Å². The number of rotatable bonds is 5. The molecule has 0 saturated heterocycles. The number of ether oxygens (including phenoxy) is 1. The highest BCUT2D eigenvalue weighted by atomic mass is 32.2. The second kappa shape index (κ2) is 10.00. The molecule has 1 rings (SSSR count). The molecule has 0 aromatic heterocycles. The van der Waals surface area contributed by atoms with Crippen LogP contribution < -0.4 is 0 Å². The van der Waals surface area contributed by atoms with E-state index in [1.807, 2.05) is 0 Å². The molecule has 22 heavy (non-hydrogen) atoms. The average molecular weight is 383 g/mol. The summed E-state index contributed by atoms with van der Waals surface area (Å²) in [5, 5.41) is 0. The SMILES string of the molecule is CCCCOC(=O)CC1CCCCCCCC(S)(S)C1(S)S. The molecule has 1 unspecified atom stereocenters. The van der Waals surface area contributed by atoms with Crippen molar-refractivity contribution in [3.63, 3.8) is 0 Å². The summed E-state index contributed by atoms with van der Waals surface area (Å²) in [5.74, 6) is -0.137. The van der Waals surface area contributed by atoms with Gasteiger partial charge in [0, 0.05) is 0 Å². The Morgan fingerprint density at radius 1 is 1.09 bits per heavy atom. The normalized spacial score (nSPS) is 25.4. The van der Waals surface area contributed by atoms with Crippen molar-refractivity contribution in [2.45, 2.75) is 79.3 Å². The predicted molar refractivity (Wildman–Crippen MR) is 108 cm³/mol. The Kier molecular flexibility index (Phi) is 9.50. The van der Waals surface area contributed by atoms with Crippen LogP contribution in [0.1, 0.15) is 71.1 Å². The number of unbranched alkanes of at least 4 members (excludes halogenated alkanes) is 1. The van der Waals surface area contributed by atoms with Gasteiger partial charge in [-0.05, 0) is 25.2 Å². The second-order valence-corrected chi connectivity index (χ2v) is 9.97. The molecule has 6 heteroatoms. The third kappa shape index (κ3) is 6.40. The first-order valence-electron chi connectivity index (χ1n) is 8.36. The summed E-state index contributed by atoms with van der Waals surface area (Å²) in [6.07, 6.45) is 9.83. The topological polar surface area (TPSA) is 26.3 Å². The average Bonchev–Trinajstić information content (AvgIpc) is 2.44. The minimum Gasteiger partial charge on any atom is -0.466 e. The summed E-state index contributed by atoms with van der Waals surface area (Å²) in [4.78, 5) is 12.1. The summed E-state index contributed by atoms with van der Waals surface area (Å²) in [6.45, 7) is 2.58. The molecule has 2 nitrogen and oxygen atoms in total. The molecule has 0 heterocycles. The van der Waals surface area contributed by atoms with Gasteiger partial charge < -0.3 is 4.74 Å². The van der Waals surface area contributed by atoms with Crippen LogP contribution >= 0.6 is 50.5 Å². The van der Waals surface area contributed by atoms with Gasteiger partial charge in [-0.25, -0.2) is 0 Å². The lowest BCUT2D eigenvalue weighted by Gasteiger charge is -2.44. The monoisotopic (exact) mass is 382 g/mol. The lowest BCUT2D eigenvalue weighted by molar-refractivity contribution is -0.145. The molecule has 1 atom stereocenters. The quantitative estimate of drug-likeness (QED) is 0.228. The van der Waals surface area contributed by atoms with Crippen molar-refractivity contribution in [3.05, 3.63) is 0 Å². The van der Waals surface area contributed by atoms with Crippen molar-refractivity contribution in [1.82, 2.24) is 0 Å². The Bertz CT molecular complexity index is 345. The van der Waals surface area contributed by atoms with E-state index in [4.69, 9.17) is 55.3 Å². The maximum Gasteiger partial charge on any atom is 0.306 e. The smallest absolute Gasteiger partial charge is 0.306 e. The van der Waals surface area contributed by atoms with Gasteiger partial charge in [0.2, 0.25) is 0 Å². The van der Waals surface area contributed by atoms with E-state index in [9.17, 15) is 4.79 Å². The van der Waals surface area contributed by atoms with E-state index in [0.717, 1.165) is 38.5 Å². The van der Waals surface area contributed by atoms with Gasteiger partial charge in [0.15, 0.2) is 0 Å². The molecule has 1 fully saturated rings. The molecule has 0 aliphatic heterocycles. The second-order valence-electron chi connectivity index (χ2n) is 6.32. The Morgan fingerprint density at radius 2 is 1.73 bits per heavy atom. The van der Waals surface area contributed by atoms with Crippen LogP contribution in [0, 0.1) is 5.92 Å². The highest BCUT2D eigenvalue weighted by Gasteiger charge is 2.47. The summed E-state index contributed by atoms with van der Waals surface area (Å²) in [7, 11) is 0. The molecule has 0 aromatic carbocycles. The molecule has 0 amide bonds. The minimum atomic E-state index is -0.708. The van der Waals surface area contributed by atoms with Crippen molar-refractivity contribution in [2.75, 3.05) is 6.61 Å². The largest absolute Gasteiger partial charge is 0.466 e. The fraction of sp³-hybridized carbons (Fsp3) is 0.938. The minimum absolute atomic E-state index is 0.0152. The Hall–Kier alpha value is 0.870. The number of carbonyl (C=O) groups is 1. The van der Waals surface area contributed by atoms with Gasteiger partial charge in [0.1, 0.15) is 0 Å². The Morgan fingerprint density at radius 3 is 2.41 bits per heavy atom. The molecule has 0 N–H and O–H groups in total. The molecule has 0 spiro atoms. The zero-order valence-corrected chi connectivity index (χ0v) is 17.0. The third-order valence-electron chi connectivity index (χ3n) is 4.41. The van der Waals surface area contributed by atoms with Crippen LogP contribution in [0.5, 0.6) is 0 Å². The Balaban J connectivity index is 2.73. The molecular weight excluding hydrogens is 352 g/mol. The molecule has 0 bridgehead atoms. The van der Waals surface area contributed by atoms with E-state index in [0.29, 0.717) is 13.0 Å². The van der Waals surface area contributed by atoms with Gasteiger partial charge in [0.05, 0.1) is 21.2 Å². The van der Waals surface area contributed by atoms with Gasteiger partial charge in [-0.2, -0.15) is 50.5 Å². The van der Waals surface area contributed by atoms with Crippen LogP contribution in [0.3, 0.4) is 0 Å². The molecule has 130 valence electrons. The van der Waals surface area contributed by atoms with Crippen LogP contribution in [0.2, 0.25) is 0 Å². The van der Waals surface area contributed by atoms with Crippen LogP contribution in [-0.4, -0.2) is 20.7 Å². The van der Waals surface area contributed by atoms with Crippen LogP contribution in [0.15, 0.2) is 0 Å². The molecule has 1 saturated carbocycles. The van der Waals surface area contributed by atoms with Crippen LogP contribution in [0.25, 0.3) is 0 Å². The molecular formula is C16H30O2S4. The van der Waals surface area contributed by atoms with E-state index in [1.54, 1.807) is 0 Å². The fourth-order valence-corrected chi connectivity index (χ4v) is 4.19. The fourth-order valence-electron chi connectivity index (χ4n) is 2.84. The zero-order valence-electron chi connectivity index (χ0n) is 13.5. The summed E-state index contributed by atoms with van der Waals surface area (Å²) in [6, 6.07) is 0. The summed E-state index contributed by atoms with van der Waals surface area (Å²) >= 11 is 19.0. The third-order valence-corrected chi connectivity index (χ3v) is 7.76. The van der Waals surface area contributed by atoms with Crippen molar-refractivity contribution in [1.29, 1.82) is 0 Å². The zero-order chi connectivity index (χ0) is 16.6. The number of hydrogen-bond acceptors (Lipinski definition) is 6. The van der Waals surface area contributed by atoms with E-state index < -0.39 is 8.16 Å². The number of carbonyl (C=O) groups excluding carboxylic acids is 1. The van der Waals surface area contributed by atoms with Crippen LogP contribution in [0.4, 0.5) is 0 Å². The van der Waals surface area contributed by atoms with Crippen molar-refractivity contribution < 1.29 is 9.53 Å². The first-order chi connectivity index (χ1) is 10.3. The molecule has 1 aliphatic carbocycles. The molecule has 0 aromatic rings. The summed E-state index contributed by atoms with van der Waals surface area (Å²) < 4.78 is 4.00. The predicted octanol–water partition coefficient (Wildman–Crippen LogP) is 5.19. The van der Waals surface area contributed by atoms with Crippen molar-refractivity contribution >= 4 is 56.5 Å². The van der Waals surface area contributed by atoms with E-state index in [1.165, 1.54) is 19.3 Å². The van der Waals surface area contributed by atoms with Gasteiger partial charge in [-0.15, -0.1) is 0 Å². The summed E-state index contributed by atoms with van der Waals surface area (Å²) in [5.41, 5.74) is 0. The van der Waals surface area contributed by atoms with Gasteiger partial charge in [0.25, 0.3) is 0 Å². The molecule has 0 radical (unpaired) electrons. The number of esters is 1.